The molecule has 0 unspecified atom stereocenters. The topological polar surface area (TPSA) is 113 Å². The van der Waals surface area contributed by atoms with Crippen molar-refractivity contribution in [3.63, 3.8) is 0 Å². The summed E-state index contributed by atoms with van der Waals surface area (Å²) in [6.45, 7) is 1.38. The van der Waals surface area contributed by atoms with E-state index in [1.54, 1.807) is 30.3 Å². The van der Waals surface area contributed by atoms with Crippen molar-refractivity contribution in [2.24, 2.45) is 5.73 Å². The minimum atomic E-state index is -4.20. The number of ether oxygens (including phenoxy) is 1. The Kier molecular flexibility index (Phi) is 4.64. The molecule has 2 aromatic rings. The van der Waals surface area contributed by atoms with Gasteiger partial charge in [0.05, 0.1) is 1.37 Å². The first-order valence-corrected chi connectivity index (χ1v) is 9.51. The van der Waals surface area contributed by atoms with Gasteiger partial charge in [-0.1, -0.05) is 54.6 Å². The average Bonchev–Trinajstić information content (AvgIpc) is 2.86. The van der Waals surface area contributed by atoms with Crippen molar-refractivity contribution >= 4 is 21.7 Å². The largest absolute Gasteiger partial charge is 0.460 e. The summed E-state index contributed by atoms with van der Waals surface area (Å²) in [6, 6.07) is 13.9. The summed E-state index contributed by atoms with van der Waals surface area (Å²) < 4.78 is 43.0. The Labute approximate surface area is 157 Å². The molecular formula is C19H17NO6S. The van der Waals surface area contributed by atoms with Crippen LogP contribution in [0.5, 0.6) is 0 Å². The van der Waals surface area contributed by atoms with Gasteiger partial charge in [-0.3, -0.25) is 9.59 Å². The summed E-state index contributed by atoms with van der Waals surface area (Å²) in [5.74, 6) is -3.03. The van der Waals surface area contributed by atoms with Crippen LogP contribution in [0.3, 0.4) is 0 Å². The zero-order valence-electron chi connectivity index (χ0n) is 15.3. The van der Waals surface area contributed by atoms with Crippen LogP contribution in [0, 0.1) is 0 Å². The van der Waals surface area contributed by atoms with Gasteiger partial charge in [0, 0.05) is 11.1 Å². The molecule has 1 atom stereocenters. The highest BCUT2D eigenvalue weighted by molar-refractivity contribution is 7.86. The van der Waals surface area contributed by atoms with Gasteiger partial charge in [-0.25, -0.2) is 0 Å². The summed E-state index contributed by atoms with van der Waals surface area (Å²) in [7, 11) is -4.20. The number of nitrogens with two attached hydrogens (primary N) is 1. The van der Waals surface area contributed by atoms with Crippen LogP contribution >= 0.6 is 0 Å². The number of Topliss-reactive ketones (excluding diaryl/α,β-unsaturated/α-hetero) is 2. The second-order valence-corrected chi connectivity index (χ2v) is 7.43. The molecular weight excluding hydrogens is 370 g/mol. The number of benzene rings is 2. The van der Waals surface area contributed by atoms with Gasteiger partial charge >= 0.3 is 10.1 Å². The lowest BCUT2D eigenvalue weighted by atomic mass is 10.0. The second kappa shape index (κ2) is 7.24. The molecule has 0 aromatic heterocycles. The van der Waals surface area contributed by atoms with Crippen LogP contribution in [-0.2, 0) is 29.6 Å². The molecule has 0 bridgehead atoms. The first kappa shape index (κ1) is 17.3. The summed E-state index contributed by atoms with van der Waals surface area (Å²) in [6.07, 6.45) is -2.29. The summed E-state index contributed by atoms with van der Waals surface area (Å²) in [5, 5.41) is 0. The van der Waals surface area contributed by atoms with Crippen molar-refractivity contribution in [3.05, 3.63) is 82.9 Å². The normalized spacial score (nSPS) is 20.2. The third-order valence-electron chi connectivity index (χ3n) is 3.80. The predicted octanol–water partition coefficient (Wildman–Crippen LogP) is 2.20. The number of carbonyl (C=O) groups excluding carboxylic acids is 2. The monoisotopic (exact) mass is 388 g/mol. The smallest absolute Gasteiger partial charge is 0.313 e. The standard InChI is InChI=1S/C19H17NO6S/c1-12(21)14-7-9-15(10-8-14)17-16(22)18(19(20)25-17)26-27(23,24)11-13-5-3-2-4-6-13/h2-10,17H,11,20H2,1H3/t17-/m0/s1/i17D. The van der Waals surface area contributed by atoms with Crippen LogP contribution in [0.25, 0.3) is 0 Å². The molecule has 2 aromatic carbocycles. The van der Waals surface area contributed by atoms with Crippen molar-refractivity contribution in [2.45, 2.75) is 18.8 Å². The van der Waals surface area contributed by atoms with Crippen molar-refractivity contribution in [2.75, 3.05) is 0 Å². The first-order chi connectivity index (χ1) is 13.1. The van der Waals surface area contributed by atoms with Crippen LogP contribution < -0.4 is 5.73 Å². The zero-order valence-corrected chi connectivity index (χ0v) is 15.2. The molecule has 0 saturated heterocycles. The maximum Gasteiger partial charge on any atom is 0.313 e. The van der Waals surface area contributed by atoms with E-state index in [2.05, 4.69) is 0 Å². The lowest BCUT2D eigenvalue weighted by Gasteiger charge is -2.10. The van der Waals surface area contributed by atoms with E-state index in [0.29, 0.717) is 11.1 Å². The maximum absolute atomic E-state index is 12.7. The van der Waals surface area contributed by atoms with Gasteiger partial charge in [-0.15, -0.1) is 0 Å². The number of carbonyl (C=O) groups is 2. The second-order valence-electron chi connectivity index (χ2n) is 5.86. The molecule has 8 heteroatoms. The minimum Gasteiger partial charge on any atom is -0.460 e. The highest BCUT2D eigenvalue weighted by atomic mass is 32.2. The molecule has 3 rings (SSSR count). The van der Waals surface area contributed by atoms with E-state index in [4.69, 9.17) is 16.0 Å². The Morgan fingerprint density at radius 3 is 2.41 bits per heavy atom. The van der Waals surface area contributed by atoms with Crippen LogP contribution in [0.15, 0.2) is 66.2 Å². The fourth-order valence-electron chi connectivity index (χ4n) is 2.48. The van der Waals surface area contributed by atoms with Gasteiger partial charge in [-0.05, 0) is 12.5 Å². The lowest BCUT2D eigenvalue weighted by Crippen LogP contribution is -2.16. The molecule has 0 fully saturated rings. The minimum absolute atomic E-state index is 0.0875. The van der Waals surface area contributed by atoms with E-state index in [9.17, 15) is 18.0 Å². The molecule has 27 heavy (non-hydrogen) atoms. The maximum atomic E-state index is 12.7. The molecule has 0 aliphatic carbocycles. The highest BCUT2D eigenvalue weighted by Gasteiger charge is 2.39. The summed E-state index contributed by atoms with van der Waals surface area (Å²) in [5.41, 5.74) is 6.57. The molecule has 7 nitrogen and oxygen atoms in total. The zero-order chi connectivity index (χ0) is 20.5. The Morgan fingerprint density at radius 1 is 1.19 bits per heavy atom. The summed E-state index contributed by atoms with van der Waals surface area (Å²) in [4.78, 5) is 24.1. The van der Waals surface area contributed by atoms with Gasteiger partial charge in [0.1, 0.15) is 5.75 Å². The quantitative estimate of drug-likeness (QED) is 0.596. The van der Waals surface area contributed by atoms with Gasteiger partial charge in [0.25, 0.3) is 0 Å². The van der Waals surface area contributed by atoms with Gasteiger partial charge in [0.2, 0.25) is 17.4 Å². The van der Waals surface area contributed by atoms with Crippen LogP contribution in [0.2, 0.25) is 0 Å². The number of hydrogen-bond donors (Lipinski definition) is 1. The number of ketones is 2. The van der Waals surface area contributed by atoms with Crippen molar-refractivity contribution in [1.82, 2.24) is 0 Å². The Morgan fingerprint density at radius 2 is 1.81 bits per heavy atom. The molecule has 1 aliphatic rings. The van der Waals surface area contributed by atoms with E-state index in [1.165, 1.54) is 31.2 Å². The van der Waals surface area contributed by atoms with Crippen molar-refractivity contribution in [1.29, 1.82) is 0 Å². The van der Waals surface area contributed by atoms with Crippen molar-refractivity contribution < 1.29 is 28.3 Å². The average molecular weight is 388 g/mol. The predicted molar refractivity (Wildman–Crippen MR) is 96.6 cm³/mol. The number of rotatable bonds is 6. The molecule has 0 saturated carbocycles. The van der Waals surface area contributed by atoms with Crippen molar-refractivity contribution in [3.8, 4) is 0 Å². The third kappa shape index (κ3) is 4.17. The summed E-state index contributed by atoms with van der Waals surface area (Å²) >= 11 is 0. The van der Waals surface area contributed by atoms with Crippen LogP contribution in [0.4, 0.5) is 0 Å². The van der Waals surface area contributed by atoms with Gasteiger partial charge in [0.15, 0.2) is 11.9 Å². The molecule has 1 heterocycles. The van der Waals surface area contributed by atoms with Crippen LogP contribution in [0.1, 0.15) is 35.9 Å². The van der Waals surface area contributed by atoms with E-state index in [0.717, 1.165) is 0 Å². The number of hydrogen-bond acceptors (Lipinski definition) is 7. The van der Waals surface area contributed by atoms with E-state index < -0.39 is 39.4 Å². The lowest BCUT2D eigenvalue weighted by molar-refractivity contribution is -0.123. The van der Waals surface area contributed by atoms with Crippen LogP contribution in [-0.4, -0.2) is 20.0 Å². The van der Waals surface area contributed by atoms with E-state index in [1.807, 2.05) is 0 Å². The first-order valence-electron chi connectivity index (χ1n) is 8.43. The molecule has 140 valence electrons. The molecule has 1 aliphatic heterocycles. The van der Waals surface area contributed by atoms with E-state index >= 15 is 0 Å². The fourth-order valence-corrected chi connectivity index (χ4v) is 3.55. The van der Waals surface area contributed by atoms with Gasteiger partial charge < -0.3 is 14.7 Å². The third-order valence-corrected chi connectivity index (χ3v) is 4.91. The Balaban J connectivity index is 1.83. The van der Waals surface area contributed by atoms with Gasteiger partial charge in [-0.2, -0.15) is 8.42 Å². The fraction of sp³-hybridized carbons (Fsp3) is 0.158. The molecule has 0 amide bonds. The Bertz CT molecular complexity index is 1060. The highest BCUT2D eigenvalue weighted by Crippen LogP contribution is 2.32. The molecule has 2 N–H and O–H groups in total. The molecule has 0 spiro atoms. The molecule has 0 radical (unpaired) electrons. The Hall–Kier alpha value is -3.13. The SMILES string of the molecule is [2H][C@@]1(c2ccc(C(C)=O)cc2)OC(N)=C(OS(=O)(=O)Cc2ccccc2)C1=O. The van der Waals surface area contributed by atoms with E-state index in [-0.39, 0.29) is 11.3 Å².